The van der Waals surface area contributed by atoms with Gasteiger partial charge in [0.1, 0.15) is 0 Å². The van der Waals surface area contributed by atoms with Crippen molar-refractivity contribution in [1.82, 2.24) is 10.2 Å². The number of aryl methyl sites for hydroxylation is 1. The zero-order valence-corrected chi connectivity index (χ0v) is 10.8. The molecule has 0 amide bonds. The summed E-state index contributed by atoms with van der Waals surface area (Å²) in [6, 6.07) is 8.30. The first-order valence-corrected chi connectivity index (χ1v) is 6.22. The molecular weight excluding hydrogens is 224 g/mol. The van der Waals surface area contributed by atoms with E-state index < -0.39 is 0 Å². The fraction of sp³-hybridized carbons (Fsp3) is 0.267. The minimum absolute atomic E-state index is 0.0255. The van der Waals surface area contributed by atoms with Gasteiger partial charge < -0.3 is 5.10 Å². The lowest BCUT2D eigenvalue weighted by Gasteiger charge is -2.00. The number of allylic oxidation sites excluding steroid dienone is 1. The molecule has 0 fully saturated rings. The number of aromatic nitrogens is 2. The number of hydrogen-bond acceptors (Lipinski definition) is 1. The smallest absolute Gasteiger partial charge is 0.267 e. The van der Waals surface area contributed by atoms with Crippen molar-refractivity contribution in [3.63, 3.8) is 0 Å². The Labute approximate surface area is 107 Å². The topological polar surface area (TPSA) is 48.6 Å². The van der Waals surface area contributed by atoms with Crippen molar-refractivity contribution in [3.8, 4) is 0 Å². The molecule has 18 heavy (non-hydrogen) atoms. The maximum atomic E-state index is 11.6. The molecule has 3 heteroatoms. The van der Waals surface area contributed by atoms with Gasteiger partial charge in [-0.3, -0.25) is 9.89 Å². The molecule has 0 atom stereocenters. The second kappa shape index (κ2) is 5.54. The molecule has 1 heterocycles. The summed E-state index contributed by atoms with van der Waals surface area (Å²) in [4.78, 5) is 11.6. The molecule has 1 aromatic heterocycles. The zero-order valence-electron chi connectivity index (χ0n) is 10.8. The van der Waals surface area contributed by atoms with Crippen LogP contribution in [0.5, 0.6) is 0 Å². The molecule has 2 rings (SSSR count). The first kappa shape index (κ1) is 12.4. The maximum Gasteiger partial charge on any atom is 0.267 e. The minimum Gasteiger partial charge on any atom is -0.302 e. The molecule has 3 nitrogen and oxygen atoms in total. The van der Waals surface area contributed by atoms with Crippen LogP contribution in [-0.2, 0) is 6.42 Å². The highest BCUT2D eigenvalue weighted by Gasteiger charge is 2.06. The second-order valence-corrected chi connectivity index (χ2v) is 4.41. The number of hydrogen-bond donors (Lipinski definition) is 2. The summed E-state index contributed by atoms with van der Waals surface area (Å²) in [5.74, 6) is 0. The molecule has 0 unspecified atom stereocenters. The molecule has 2 aromatic rings. The molecule has 0 saturated heterocycles. The van der Waals surface area contributed by atoms with Gasteiger partial charge in [0.15, 0.2) is 0 Å². The van der Waals surface area contributed by atoms with Gasteiger partial charge >= 0.3 is 0 Å². The van der Waals surface area contributed by atoms with E-state index in [-0.39, 0.29) is 5.56 Å². The van der Waals surface area contributed by atoms with E-state index in [1.54, 1.807) is 0 Å². The van der Waals surface area contributed by atoms with Gasteiger partial charge in [0.2, 0.25) is 0 Å². The largest absolute Gasteiger partial charge is 0.302 e. The number of aromatic amines is 2. The van der Waals surface area contributed by atoms with Crippen molar-refractivity contribution in [2.24, 2.45) is 0 Å². The summed E-state index contributed by atoms with van der Waals surface area (Å²) in [7, 11) is 0. The molecule has 94 valence electrons. The Morgan fingerprint density at radius 1 is 1.17 bits per heavy atom. The summed E-state index contributed by atoms with van der Waals surface area (Å²) in [5.41, 5.74) is 4.04. The van der Waals surface area contributed by atoms with Crippen LogP contribution >= 0.6 is 0 Å². The normalized spacial score (nSPS) is 11.2. The van der Waals surface area contributed by atoms with Crippen molar-refractivity contribution in [2.75, 3.05) is 0 Å². The van der Waals surface area contributed by atoms with E-state index in [1.165, 1.54) is 5.56 Å². The Morgan fingerprint density at radius 3 is 2.44 bits per heavy atom. The Bertz CT molecular complexity index is 588. The van der Waals surface area contributed by atoms with E-state index in [0.29, 0.717) is 6.42 Å². The van der Waals surface area contributed by atoms with Crippen LogP contribution in [0.15, 0.2) is 35.1 Å². The first-order valence-electron chi connectivity index (χ1n) is 6.22. The Kier molecular flexibility index (Phi) is 3.82. The molecule has 0 aliphatic rings. The average Bonchev–Trinajstić information content (AvgIpc) is 2.70. The molecule has 0 bridgehead atoms. The highest BCUT2D eigenvalue weighted by atomic mass is 16.1. The lowest BCUT2D eigenvalue weighted by atomic mass is 10.0. The van der Waals surface area contributed by atoms with Crippen LogP contribution in [0.3, 0.4) is 0 Å². The zero-order chi connectivity index (χ0) is 13.0. The van der Waals surface area contributed by atoms with Gasteiger partial charge in [-0.05, 0) is 24.5 Å². The number of rotatable bonds is 4. The monoisotopic (exact) mass is 242 g/mol. The number of benzene rings is 1. The fourth-order valence-corrected chi connectivity index (χ4v) is 1.89. The Morgan fingerprint density at radius 2 is 1.89 bits per heavy atom. The van der Waals surface area contributed by atoms with Gasteiger partial charge in [0.25, 0.3) is 5.56 Å². The molecule has 2 N–H and O–H groups in total. The Hall–Kier alpha value is -2.03. The van der Waals surface area contributed by atoms with E-state index in [1.807, 2.05) is 6.92 Å². The van der Waals surface area contributed by atoms with Crippen LogP contribution in [0, 0.1) is 6.92 Å². The van der Waals surface area contributed by atoms with E-state index in [4.69, 9.17) is 0 Å². The molecule has 0 aliphatic carbocycles. The van der Waals surface area contributed by atoms with Crippen molar-refractivity contribution in [3.05, 3.63) is 63.1 Å². The standard InChI is InChI=1S/C15H18N2O/c1-3-4-5-12-6-8-13(9-7-12)10-14-11(2)16-17-15(14)18/h4-9H,3,10H2,1-2H3,(H2,16,17,18)/b5-4+. The van der Waals surface area contributed by atoms with Gasteiger partial charge in [0.05, 0.1) is 0 Å². The molecular formula is C15H18N2O. The summed E-state index contributed by atoms with van der Waals surface area (Å²) in [6.07, 6.45) is 5.95. The predicted octanol–water partition coefficient (Wildman–Crippen LogP) is 3.03. The highest BCUT2D eigenvalue weighted by molar-refractivity contribution is 5.49. The van der Waals surface area contributed by atoms with Crippen molar-refractivity contribution >= 4 is 6.08 Å². The van der Waals surface area contributed by atoms with E-state index in [2.05, 4.69) is 53.5 Å². The lowest BCUT2D eigenvalue weighted by Crippen LogP contribution is -2.06. The summed E-state index contributed by atoms with van der Waals surface area (Å²) in [6.45, 7) is 4.03. The lowest BCUT2D eigenvalue weighted by molar-refractivity contribution is 1.02. The van der Waals surface area contributed by atoms with Crippen molar-refractivity contribution in [2.45, 2.75) is 26.7 Å². The SMILES string of the molecule is CC/C=C/c1ccc(Cc2c(C)[nH][nH]c2=O)cc1. The van der Waals surface area contributed by atoms with Crippen LogP contribution in [-0.4, -0.2) is 10.2 Å². The molecule has 0 spiro atoms. The highest BCUT2D eigenvalue weighted by Crippen LogP contribution is 2.11. The van der Waals surface area contributed by atoms with Gasteiger partial charge in [-0.25, -0.2) is 0 Å². The van der Waals surface area contributed by atoms with E-state index in [0.717, 1.165) is 23.2 Å². The van der Waals surface area contributed by atoms with Gasteiger partial charge in [-0.15, -0.1) is 0 Å². The Balaban J connectivity index is 2.16. The van der Waals surface area contributed by atoms with E-state index in [9.17, 15) is 4.79 Å². The van der Waals surface area contributed by atoms with Crippen LogP contribution < -0.4 is 5.56 Å². The fourth-order valence-electron chi connectivity index (χ4n) is 1.89. The summed E-state index contributed by atoms with van der Waals surface area (Å²) >= 11 is 0. The maximum absolute atomic E-state index is 11.6. The first-order chi connectivity index (χ1) is 8.70. The number of nitrogens with one attached hydrogen (secondary N) is 2. The minimum atomic E-state index is -0.0255. The van der Waals surface area contributed by atoms with Crippen LogP contribution in [0.1, 0.15) is 35.7 Å². The third-order valence-corrected chi connectivity index (χ3v) is 3.00. The number of H-pyrrole nitrogens is 2. The van der Waals surface area contributed by atoms with Crippen molar-refractivity contribution in [1.29, 1.82) is 0 Å². The van der Waals surface area contributed by atoms with Gasteiger partial charge in [0, 0.05) is 17.7 Å². The van der Waals surface area contributed by atoms with Gasteiger partial charge in [-0.2, -0.15) is 0 Å². The molecule has 0 saturated carbocycles. The van der Waals surface area contributed by atoms with E-state index >= 15 is 0 Å². The van der Waals surface area contributed by atoms with Crippen molar-refractivity contribution < 1.29 is 0 Å². The van der Waals surface area contributed by atoms with Gasteiger partial charge in [-0.1, -0.05) is 43.3 Å². The summed E-state index contributed by atoms with van der Waals surface area (Å²) in [5, 5.41) is 5.45. The third kappa shape index (κ3) is 2.80. The molecule has 0 aliphatic heterocycles. The van der Waals surface area contributed by atoms with Crippen LogP contribution in [0.2, 0.25) is 0 Å². The second-order valence-electron chi connectivity index (χ2n) is 4.41. The molecule has 0 radical (unpaired) electrons. The average molecular weight is 242 g/mol. The molecule has 1 aromatic carbocycles. The van der Waals surface area contributed by atoms with Crippen LogP contribution in [0.4, 0.5) is 0 Å². The predicted molar refractivity (Wildman–Crippen MR) is 74.7 cm³/mol. The summed E-state index contributed by atoms with van der Waals surface area (Å²) < 4.78 is 0. The third-order valence-electron chi connectivity index (χ3n) is 3.00. The van der Waals surface area contributed by atoms with Crippen LogP contribution in [0.25, 0.3) is 6.08 Å². The quantitative estimate of drug-likeness (QED) is 0.850.